The molecule has 3 aromatic rings. The molecule has 1 aliphatic rings. The van der Waals surface area contributed by atoms with Crippen LogP contribution in [0.5, 0.6) is 0 Å². The predicted octanol–water partition coefficient (Wildman–Crippen LogP) is 3.27. The second-order valence-corrected chi connectivity index (χ2v) is 8.46. The highest BCUT2D eigenvalue weighted by Crippen LogP contribution is 2.35. The second-order valence-electron chi connectivity index (χ2n) is 7.43. The van der Waals surface area contributed by atoms with E-state index in [4.69, 9.17) is 10.1 Å². The fourth-order valence-electron chi connectivity index (χ4n) is 3.82. The molecule has 6 nitrogen and oxygen atoms in total. The lowest BCUT2D eigenvalue weighted by molar-refractivity contribution is 0.0874. The molecule has 0 spiro atoms. The van der Waals surface area contributed by atoms with E-state index in [-0.39, 0.29) is 18.6 Å². The average molecular weight is 411 g/mol. The number of β-amino-alcohol motifs (C(OH)–C–C–N with tert-alkyl or cyclic N) is 1. The summed E-state index contributed by atoms with van der Waals surface area (Å²) >= 11 is 1.59. The number of hydrogen-bond acceptors (Lipinski definition) is 7. The van der Waals surface area contributed by atoms with E-state index in [1.54, 1.807) is 11.3 Å². The van der Waals surface area contributed by atoms with Gasteiger partial charge in [0.05, 0.1) is 23.8 Å². The van der Waals surface area contributed by atoms with Gasteiger partial charge in [0.15, 0.2) is 5.13 Å². The number of benzene rings is 1. The van der Waals surface area contributed by atoms with Gasteiger partial charge < -0.3 is 20.4 Å². The van der Waals surface area contributed by atoms with Crippen molar-refractivity contribution in [2.75, 3.05) is 38.2 Å². The first-order valence-corrected chi connectivity index (χ1v) is 10.7. The Labute approximate surface area is 174 Å². The van der Waals surface area contributed by atoms with E-state index in [0.29, 0.717) is 6.54 Å². The van der Waals surface area contributed by atoms with Crippen LogP contribution in [-0.2, 0) is 5.41 Å². The van der Waals surface area contributed by atoms with Crippen LogP contribution in [0.4, 0.5) is 10.9 Å². The molecule has 29 heavy (non-hydrogen) atoms. The van der Waals surface area contributed by atoms with Crippen LogP contribution >= 0.6 is 11.3 Å². The third-order valence-electron chi connectivity index (χ3n) is 5.62. The Kier molecular flexibility index (Phi) is 6.20. The first-order chi connectivity index (χ1) is 14.2. The number of hydrogen-bond donors (Lipinski definition) is 3. The van der Waals surface area contributed by atoms with Gasteiger partial charge in [-0.2, -0.15) is 0 Å². The Balaban J connectivity index is 1.50. The summed E-state index contributed by atoms with van der Waals surface area (Å²) in [5, 5.41) is 23.5. The summed E-state index contributed by atoms with van der Waals surface area (Å²) in [4.78, 5) is 12.6. The molecule has 1 aromatic carbocycles. The number of aliphatic hydroxyl groups is 2. The van der Waals surface area contributed by atoms with E-state index in [2.05, 4.69) is 27.3 Å². The summed E-state index contributed by atoms with van der Waals surface area (Å²) in [7, 11) is 0. The molecule has 1 fully saturated rings. The van der Waals surface area contributed by atoms with Crippen molar-refractivity contribution in [3.63, 3.8) is 0 Å². The van der Waals surface area contributed by atoms with Crippen molar-refractivity contribution in [1.29, 1.82) is 0 Å². The number of thiazole rings is 1. The molecule has 7 heteroatoms. The summed E-state index contributed by atoms with van der Waals surface area (Å²) in [6.45, 7) is 2.64. The van der Waals surface area contributed by atoms with Crippen LogP contribution in [-0.4, -0.2) is 57.9 Å². The normalized spacial score (nSPS) is 16.6. The maximum Gasteiger partial charge on any atom is 0.188 e. The lowest BCUT2D eigenvalue weighted by Crippen LogP contribution is -2.46. The third-order valence-corrected chi connectivity index (χ3v) is 6.59. The first kappa shape index (κ1) is 20.0. The SMILES string of the molecule is OCCN1CCC(CO)(c2cccc(Nc3ncc(-c4ccccc4)s3)n2)CC1. The Morgan fingerprint density at radius 1 is 1.03 bits per heavy atom. The fraction of sp³-hybridized carbons (Fsp3) is 0.364. The van der Waals surface area contributed by atoms with Gasteiger partial charge in [-0.25, -0.2) is 9.97 Å². The van der Waals surface area contributed by atoms with Gasteiger partial charge in [0.1, 0.15) is 5.82 Å². The highest BCUT2D eigenvalue weighted by Gasteiger charge is 2.37. The number of aliphatic hydroxyl groups excluding tert-OH is 2. The maximum atomic E-state index is 10.2. The molecule has 1 saturated heterocycles. The standard InChI is InChI=1S/C22H26N4O2S/c27-14-13-26-11-9-22(16-28,10-12-26)19-7-4-8-20(24-19)25-21-23-15-18(29-21)17-5-2-1-3-6-17/h1-8,15,27-28H,9-14,16H2,(H,23,24,25). The van der Waals surface area contributed by atoms with E-state index in [0.717, 1.165) is 53.0 Å². The summed E-state index contributed by atoms with van der Waals surface area (Å²) in [6, 6.07) is 16.1. The number of piperidine rings is 1. The summed E-state index contributed by atoms with van der Waals surface area (Å²) < 4.78 is 0. The Hall–Kier alpha value is -2.32. The summed E-state index contributed by atoms with van der Waals surface area (Å²) in [5.74, 6) is 0.738. The van der Waals surface area contributed by atoms with Crippen LogP contribution < -0.4 is 5.32 Å². The summed E-state index contributed by atoms with van der Waals surface area (Å²) in [5.41, 5.74) is 1.73. The third kappa shape index (κ3) is 4.48. The van der Waals surface area contributed by atoms with Crippen molar-refractivity contribution in [2.45, 2.75) is 18.3 Å². The molecule has 1 aliphatic heterocycles. The van der Waals surface area contributed by atoms with E-state index in [1.165, 1.54) is 0 Å². The van der Waals surface area contributed by atoms with Gasteiger partial charge in [0.25, 0.3) is 0 Å². The van der Waals surface area contributed by atoms with Gasteiger partial charge in [0.2, 0.25) is 0 Å². The number of nitrogens with zero attached hydrogens (tertiary/aromatic N) is 3. The summed E-state index contributed by atoms with van der Waals surface area (Å²) in [6.07, 6.45) is 3.53. The molecule has 0 saturated carbocycles. The Morgan fingerprint density at radius 2 is 1.83 bits per heavy atom. The smallest absolute Gasteiger partial charge is 0.188 e. The van der Waals surface area contributed by atoms with Crippen LogP contribution in [0.15, 0.2) is 54.7 Å². The zero-order valence-electron chi connectivity index (χ0n) is 16.3. The molecule has 2 aromatic heterocycles. The molecule has 0 radical (unpaired) electrons. The number of aromatic nitrogens is 2. The number of pyridine rings is 1. The van der Waals surface area contributed by atoms with Crippen molar-refractivity contribution in [2.24, 2.45) is 0 Å². The second kappa shape index (κ2) is 9.00. The van der Waals surface area contributed by atoms with Crippen molar-refractivity contribution >= 4 is 22.3 Å². The number of likely N-dealkylation sites (tertiary alicyclic amines) is 1. The minimum absolute atomic E-state index is 0.0752. The number of anilines is 2. The van der Waals surface area contributed by atoms with Crippen LogP contribution in [0.1, 0.15) is 18.5 Å². The first-order valence-electron chi connectivity index (χ1n) is 9.92. The number of rotatable bonds is 7. The van der Waals surface area contributed by atoms with Crippen LogP contribution in [0, 0.1) is 0 Å². The van der Waals surface area contributed by atoms with E-state index in [9.17, 15) is 5.11 Å². The molecular weight excluding hydrogens is 384 g/mol. The number of nitrogens with one attached hydrogen (secondary N) is 1. The molecule has 0 aliphatic carbocycles. The highest BCUT2D eigenvalue weighted by atomic mass is 32.1. The zero-order valence-corrected chi connectivity index (χ0v) is 17.1. The zero-order chi connectivity index (χ0) is 20.1. The van der Waals surface area contributed by atoms with Gasteiger partial charge in [-0.15, -0.1) is 0 Å². The van der Waals surface area contributed by atoms with Crippen molar-refractivity contribution in [3.05, 3.63) is 60.4 Å². The topological polar surface area (TPSA) is 81.5 Å². The van der Waals surface area contributed by atoms with E-state index >= 15 is 0 Å². The van der Waals surface area contributed by atoms with Crippen LogP contribution in [0.25, 0.3) is 10.4 Å². The van der Waals surface area contributed by atoms with Crippen LogP contribution in [0.3, 0.4) is 0 Å². The minimum atomic E-state index is -0.332. The minimum Gasteiger partial charge on any atom is -0.395 e. The predicted molar refractivity (Wildman–Crippen MR) is 117 cm³/mol. The molecule has 3 heterocycles. The molecular formula is C22H26N4O2S. The lowest BCUT2D eigenvalue weighted by Gasteiger charge is -2.40. The molecule has 0 amide bonds. The largest absolute Gasteiger partial charge is 0.395 e. The molecule has 0 unspecified atom stereocenters. The molecule has 3 N–H and O–H groups in total. The van der Waals surface area contributed by atoms with Gasteiger partial charge in [0, 0.05) is 18.2 Å². The lowest BCUT2D eigenvalue weighted by atomic mass is 9.76. The quantitative estimate of drug-likeness (QED) is 0.555. The highest BCUT2D eigenvalue weighted by molar-refractivity contribution is 7.18. The van der Waals surface area contributed by atoms with Crippen molar-refractivity contribution < 1.29 is 10.2 Å². The van der Waals surface area contributed by atoms with Gasteiger partial charge in [-0.1, -0.05) is 47.7 Å². The van der Waals surface area contributed by atoms with Crippen LogP contribution in [0.2, 0.25) is 0 Å². The van der Waals surface area contributed by atoms with Gasteiger partial charge >= 0.3 is 0 Å². The Morgan fingerprint density at radius 3 is 2.55 bits per heavy atom. The van der Waals surface area contributed by atoms with Crippen molar-refractivity contribution in [3.8, 4) is 10.4 Å². The molecule has 4 rings (SSSR count). The van der Waals surface area contributed by atoms with Gasteiger partial charge in [-0.05, 0) is 43.6 Å². The van der Waals surface area contributed by atoms with Crippen molar-refractivity contribution in [1.82, 2.24) is 14.9 Å². The fourth-order valence-corrected chi connectivity index (χ4v) is 4.65. The molecule has 152 valence electrons. The molecule has 0 bridgehead atoms. The van der Waals surface area contributed by atoms with E-state index in [1.807, 2.05) is 42.6 Å². The average Bonchev–Trinajstić information content (AvgIpc) is 3.24. The van der Waals surface area contributed by atoms with Gasteiger partial charge in [-0.3, -0.25) is 0 Å². The molecule has 0 atom stereocenters. The Bertz CT molecular complexity index is 923. The monoisotopic (exact) mass is 410 g/mol. The van der Waals surface area contributed by atoms with E-state index < -0.39 is 0 Å². The maximum absolute atomic E-state index is 10.2.